The highest BCUT2D eigenvalue weighted by Gasteiger charge is 2.19. The number of aromatic amines is 1. The number of hydrogen-bond donors (Lipinski definition) is 3. The fraction of sp³-hybridized carbons (Fsp3) is 0.0870. The molecule has 0 saturated heterocycles. The Bertz CT molecular complexity index is 1120. The number of urea groups is 1. The summed E-state index contributed by atoms with van der Waals surface area (Å²) in [6.07, 6.45) is 1.94. The van der Waals surface area contributed by atoms with Gasteiger partial charge in [-0.2, -0.15) is 0 Å². The van der Waals surface area contributed by atoms with E-state index in [1.54, 1.807) is 36.4 Å². The van der Waals surface area contributed by atoms with Crippen molar-refractivity contribution < 1.29 is 9.18 Å². The Hall–Kier alpha value is -3.31. The van der Waals surface area contributed by atoms with E-state index in [0.29, 0.717) is 17.3 Å². The maximum absolute atomic E-state index is 13.4. The molecule has 0 bridgehead atoms. The molecule has 4 nitrogen and oxygen atoms in total. The van der Waals surface area contributed by atoms with Crippen LogP contribution in [0.15, 0.2) is 79.0 Å². The van der Waals surface area contributed by atoms with E-state index >= 15 is 0 Å². The first kappa shape index (κ1) is 19.0. The maximum atomic E-state index is 13.4. The van der Waals surface area contributed by atoms with E-state index in [0.717, 1.165) is 22.0 Å². The summed E-state index contributed by atoms with van der Waals surface area (Å²) in [7, 11) is 0. The molecule has 0 aliphatic heterocycles. The van der Waals surface area contributed by atoms with Crippen molar-refractivity contribution in [1.82, 2.24) is 10.3 Å². The summed E-state index contributed by atoms with van der Waals surface area (Å²) in [5.41, 5.74) is 3.62. The SMILES string of the molecule is O=C(NC[C@H](c1ccc(F)cc1)c1c[nH]c2ccccc12)Nc1ccc(Cl)cc1. The van der Waals surface area contributed by atoms with Gasteiger partial charge in [0, 0.05) is 40.3 Å². The van der Waals surface area contributed by atoms with Crippen LogP contribution in [0.25, 0.3) is 10.9 Å². The number of rotatable bonds is 5. The fourth-order valence-corrected chi connectivity index (χ4v) is 3.51. The smallest absolute Gasteiger partial charge is 0.319 e. The summed E-state index contributed by atoms with van der Waals surface area (Å²) in [5, 5.41) is 7.39. The van der Waals surface area contributed by atoms with Crippen molar-refractivity contribution >= 4 is 34.2 Å². The second kappa shape index (κ2) is 8.37. The Morgan fingerprint density at radius 3 is 2.48 bits per heavy atom. The van der Waals surface area contributed by atoms with Crippen molar-refractivity contribution in [2.75, 3.05) is 11.9 Å². The first-order valence-electron chi connectivity index (χ1n) is 9.22. The first-order valence-corrected chi connectivity index (χ1v) is 9.60. The van der Waals surface area contributed by atoms with Crippen molar-refractivity contribution in [3.8, 4) is 0 Å². The van der Waals surface area contributed by atoms with Crippen molar-refractivity contribution in [3.63, 3.8) is 0 Å². The minimum Gasteiger partial charge on any atom is -0.361 e. The molecule has 1 aromatic heterocycles. The molecule has 3 N–H and O–H groups in total. The Kier molecular flexibility index (Phi) is 5.49. The van der Waals surface area contributed by atoms with Crippen molar-refractivity contribution in [2.45, 2.75) is 5.92 Å². The molecular formula is C23H19ClFN3O. The van der Waals surface area contributed by atoms with Gasteiger partial charge in [0.1, 0.15) is 5.82 Å². The number of carbonyl (C=O) groups excluding carboxylic acids is 1. The second-order valence-electron chi connectivity index (χ2n) is 6.74. The summed E-state index contributed by atoms with van der Waals surface area (Å²) in [5.74, 6) is -0.428. The number of anilines is 1. The minimum atomic E-state index is -0.320. The van der Waals surface area contributed by atoms with Crippen molar-refractivity contribution in [1.29, 1.82) is 0 Å². The molecule has 6 heteroatoms. The minimum absolute atomic E-state index is 0.136. The number of hydrogen-bond acceptors (Lipinski definition) is 1. The lowest BCUT2D eigenvalue weighted by Crippen LogP contribution is -2.32. The summed E-state index contributed by atoms with van der Waals surface area (Å²) in [6.45, 7) is 0.354. The van der Waals surface area contributed by atoms with Gasteiger partial charge in [0.05, 0.1) is 0 Å². The summed E-state index contributed by atoms with van der Waals surface area (Å²) >= 11 is 5.88. The number of aromatic nitrogens is 1. The lowest BCUT2D eigenvalue weighted by molar-refractivity contribution is 0.252. The van der Waals surface area contributed by atoms with Gasteiger partial charge in [-0.05, 0) is 53.6 Å². The second-order valence-corrected chi connectivity index (χ2v) is 7.17. The van der Waals surface area contributed by atoms with Crippen LogP contribution < -0.4 is 10.6 Å². The summed E-state index contributed by atoms with van der Waals surface area (Å²) in [4.78, 5) is 15.7. The van der Waals surface area contributed by atoms with Crippen LogP contribution in [0.4, 0.5) is 14.9 Å². The molecule has 2 amide bonds. The van der Waals surface area contributed by atoms with Crippen LogP contribution in [0.5, 0.6) is 0 Å². The lowest BCUT2D eigenvalue weighted by atomic mass is 9.91. The molecular weight excluding hydrogens is 389 g/mol. The van der Waals surface area contributed by atoms with Crippen LogP contribution >= 0.6 is 11.6 Å². The van der Waals surface area contributed by atoms with E-state index in [-0.39, 0.29) is 17.8 Å². The van der Waals surface area contributed by atoms with E-state index in [2.05, 4.69) is 15.6 Å². The molecule has 0 aliphatic carbocycles. The molecule has 0 radical (unpaired) electrons. The number of benzene rings is 3. The maximum Gasteiger partial charge on any atom is 0.319 e. The van der Waals surface area contributed by atoms with Gasteiger partial charge >= 0.3 is 6.03 Å². The molecule has 1 heterocycles. The van der Waals surface area contributed by atoms with Crippen LogP contribution in [-0.2, 0) is 0 Å². The Morgan fingerprint density at radius 1 is 1.00 bits per heavy atom. The molecule has 0 spiro atoms. The first-order chi connectivity index (χ1) is 14.1. The van der Waals surface area contributed by atoms with E-state index < -0.39 is 0 Å². The van der Waals surface area contributed by atoms with Crippen LogP contribution in [0.1, 0.15) is 17.0 Å². The quantitative estimate of drug-likeness (QED) is 0.378. The van der Waals surface area contributed by atoms with Gasteiger partial charge in [-0.15, -0.1) is 0 Å². The fourth-order valence-electron chi connectivity index (χ4n) is 3.39. The zero-order valence-corrected chi connectivity index (χ0v) is 16.2. The predicted octanol–water partition coefficient (Wildman–Crippen LogP) is 5.91. The third-order valence-corrected chi connectivity index (χ3v) is 5.09. The van der Waals surface area contributed by atoms with Crippen LogP contribution in [0.2, 0.25) is 5.02 Å². The predicted molar refractivity (Wildman–Crippen MR) is 115 cm³/mol. The van der Waals surface area contributed by atoms with Gasteiger partial charge in [-0.3, -0.25) is 0 Å². The summed E-state index contributed by atoms with van der Waals surface area (Å²) < 4.78 is 13.4. The Labute approximate surface area is 172 Å². The molecule has 4 aromatic rings. The van der Waals surface area contributed by atoms with Crippen LogP contribution in [0.3, 0.4) is 0 Å². The molecule has 0 saturated carbocycles. The van der Waals surface area contributed by atoms with Gasteiger partial charge in [0.2, 0.25) is 0 Å². The topological polar surface area (TPSA) is 56.9 Å². The number of amides is 2. The van der Waals surface area contributed by atoms with Gasteiger partial charge < -0.3 is 15.6 Å². The Morgan fingerprint density at radius 2 is 1.72 bits per heavy atom. The molecule has 1 atom stereocenters. The monoisotopic (exact) mass is 407 g/mol. The number of carbonyl (C=O) groups is 1. The van der Waals surface area contributed by atoms with Crippen LogP contribution in [0, 0.1) is 5.82 Å². The third-order valence-electron chi connectivity index (χ3n) is 4.84. The van der Waals surface area contributed by atoms with Gasteiger partial charge in [-0.25, -0.2) is 9.18 Å². The van der Waals surface area contributed by atoms with Gasteiger partial charge in [-0.1, -0.05) is 41.9 Å². The lowest BCUT2D eigenvalue weighted by Gasteiger charge is -2.18. The highest BCUT2D eigenvalue weighted by molar-refractivity contribution is 6.30. The van der Waals surface area contributed by atoms with Crippen molar-refractivity contribution in [2.24, 2.45) is 0 Å². The number of fused-ring (bicyclic) bond motifs is 1. The van der Waals surface area contributed by atoms with E-state index in [1.165, 1.54) is 12.1 Å². The third kappa shape index (κ3) is 4.41. The molecule has 146 valence electrons. The van der Waals surface area contributed by atoms with E-state index in [1.807, 2.05) is 30.5 Å². The zero-order valence-electron chi connectivity index (χ0n) is 15.5. The van der Waals surface area contributed by atoms with Crippen molar-refractivity contribution in [3.05, 3.63) is 101 Å². The Balaban J connectivity index is 1.56. The molecule has 4 rings (SSSR count). The normalized spacial score (nSPS) is 11.9. The average Bonchev–Trinajstić information content (AvgIpc) is 3.15. The van der Waals surface area contributed by atoms with Gasteiger partial charge in [0.15, 0.2) is 0 Å². The highest BCUT2D eigenvalue weighted by atomic mass is 35.5. The molecule has 3 aromatic carbocycles. The average molecular weight is 408 g/mol. The standard InChI is InChI=1S/C23H19ClFN3O/c24-16-7-11-18(12-8-16)28-23(29)27-13-20(15-5-9-17(25)10-6-15)21-14-26-22-4-2-1-3-19(21)22/h1-12,14,20,26H,13H2,(H2,27,28,29)/t20-/m1/s1. The van der Waals surface area contributed by atoms with Crippen LogP contribution in [-0.4, -0.2) is 17.6 Å². The number of halogens is 2. The summed E-state index contributed by atoms with van der Waals surface area (Å²) in [6, 6.07) is 20.9. The number of para-hydroxylation sites is 1. The largest absolute Gasteiger partial charge is 0.361 e. The van der Waals surface area contributed by atoms with E-state index in [9.17, 15) is 9.18 Å². The molecule has 0 unspecified atom stereocenters. The highest BCUT2D eigenvalue weighted by Crippen LogP contribution is 2.30. The molecule has 0 fully saturated rings. The zero-order chi connectivity index (χ0) is 20.2. The molecule has 29 heavy (non-hydrogen) atoms. The van der Waals surface area contributed by atoms with Gasteiger partial charge in [0.25, 0.3) is 0 Å². The van der Waals surface area contributed by atoms with E-state index in [4.69, 9.17) is 11.6 Å². The molecule has 0 aliphatic rings. The number of H-pyrrole nitrogens is 1. The number of nitrogens with one attached hydrogen (secondary N) is 3.